The lowest BCUT2D eigenvalue weighted by molar-refractivity contribution is -0.384. The highest BCUT2D eigenvalue weighted by Crippen LogP contribution is 2.25. The Labute approximate surface area is 155 Å². The molecule has 0 saturated carbocycles. The van der Waals surface area contributed by atoms with Crippen molar-refractivity contribution in [3.63, 3.8) is 0 Å². The van der Waals surface area contributed by atoms with Gasteiger partial charge in [0.25, 0.3) is 5.69 Å². The molecule has 0 spiro atoms. The van der Waals surface area contributed by atoms with Crippen LogP contribution in [0.4, 0.5) is 5.69 Å². The number of nitro groups is 1. The van der Waals surface area contributed by atoms with Gasteiger partial charge in [0.05, 0.1) is 4.92 Å². The van der Waals surface area contributed by atoms with Crippen molar-refractivity contribution in [1.29, 1.82) is 0 Å². The number of carbonyl (C=O) groups excluding carboxylic acids is 1. The van der Waals surface area contributed by atoms with Crippen LogP contribution in [-0.4, -0.2) is 10.7 Å². The lowest BCUT2D eigenvalue weighted by Gasteiger charge is -2.02. The van der Waals surface area contributed by atoms with Gasteiger partial charge in [-0.1, -0.05) is 72.3 Å². The molecule has 0 saturated heterocycles. The molecule has 0 aliphatic carbocycles. The van der Waals surface area contributed by atoms with Crippen LogP contribution in [0.25, 0.3) is 17.2 Å². The maximum absolute atomic E-state index is 12.2. The number of hydrogen-bond acceptors (Lipinski definition) is 3. The highest BCUT2D eigenvalue weighted by atomic mass is 35.5. The summed E-state index contributed by atoms with van der Waals surface area (Å²) in [7, 11) is 0. The van der Waals surface area contributed by atoms with Crippen LogP contribution in [0.15, 0.2) is 78.9 Å². The minimum Gasteiger partial charge on any atom is -0.289 e. The van der Waals surface area contributed by atoms with Crippen LogP contribution in [0.5, 0.6) is 0 Å². The first-order valence-electron chi connectivity index (χ1n) is 7.86. The highest BCUT2D eigenvalue weighted by molar-refractivity contribution is 6.32. The first kappa shape index (κ1) is 17.6. The van der Waals surface area contributed by atoms with Crippen molar-refractivity contribution in [2.24, 2.45) is 0 Å². The number of nitrogens with zero attached hydrogens (tertiary/aromatic N) is 1. The van der Waals surface area contributed by atoms with E-state index in [9.17, 15) is 14.9 Å². The van der Waals surface area contributed by atoms with Gasteiger partial charge in [0.1, 0.15) is 5.02 Å². The number of allylic oxidation sites excluding steroid dienone is 1. The van der Waals surface area contributed by atoms with Crippen molar-refractivity contribution in [2.75, 3.05) is 0 Å². The van der Waals surface area contributed by atoms with E-state index < -0.39 is 4.92 Å². The Morgan fingerprint density at radius 3 is 2.23 bits per heavy atom. The Balaban J connectivity index is 1.76. The smallest absolute Gasteiger partial charge is 0.288 e. The summed E-state index contributed by atoms with van der Waals surface area (Å²) in [4.78, 5) is 22.6. The molecule has 0 aliphatic rings. The Morgan fingerprint density at radius 2 is 1.58 bits per heavy atom. The van der Waals surface area contributed by atoms with E-state index in [1.54, 1.807) is 6.08 Å². The number of halogens is 1. The molecule has 4 nitrogen and oxygen atoms in total. The van der Waals surface area contributed by atoms with Gasteiger partial charge < -0.3 is 0 Å². The average molecular weight is 364 g/mol. The predicted molar refractivity (Wildman–Crippen MR) is 103 cm³/mol. The summed E-state index contributed by atoms with van der Waals surface area (Å²) in [5.41, 5.74) is 3.01. The van der Waals surface area contributed by atoms with Gasteiger partial charge in [-0.05, 0) is 34.9 Å². The lowest BCUT2D eigenvalue weighted by Crippen LogP contribution is -1.97. The molecule has 0 heterocycles. The zero-order valence-electron chi connectivity index (χ0n) is 13.6. The third-order valence-electron chi connectivity index (χ3n) is 3.87. The number of carbonyl (C=O) groups is 1. The molecule has 26 heavy (non-hydrogen) atoms. The third-order valence-corrected chi connectivity index (χ3v) is 4.19. The molecule has 0 amide bonds. The molecule has 0 fully saturated rings. The van der Waals surface area contributed by atoms with Crippen LogP contribution >= 0.6 is 11.6 Å². The van der Waals surface area contributed by atoms with E-state index in [4.69, 9.17) is 11.6 Å². The number of ketones is 1. The van der Waals surface area contributed by atoms with Crippen LogP contribution in [0.2, 0.25) is 5.02 Å². The van der Waals surface area contributed by atoms with Crippen LogP contribution in [0.1, 0.15) is 15.9 Å². The lowest BCUT2D eigenvalue weighted by atomic mass is 10.0. The second-order valence-corrected chi connectivity index (χ2v) is 6.02. The molecule has 3 rings (SSSR count). The highest BCUT2D eigenvalue weighted by Gasteiger charge is 2.14. The van der Waals surface area contributed by atoms with Crippen molar-refractivity contribution in [2.45, 2.75) is 0 Å². The molecule has 3 aromatic carbocycles. The Hall–Kier alpha value is -3.24. The van der Waals surface area contributed by atoms with Gasteiger partial charge in [0.15, 0.2) is 5.78 Å². The predicted octanol–water partition coefficient (Wildman–Crippen LogP) is 5.81. The van der Waals surface area contributed by atoms with Gasteiger partial charge in [0, 0.05) is 11.6 Å². The van der Waals surface area contributed by atoms with E-state index in [0.29, 0.717) is 0 Å². The third kappa shape index (κ3) is 4.05. The topological polar surface area (TPSA) is 60.2 Å². The van der Waals surface area contributed by atoms with E-state index in [1.807, 2.05) is 54.6 Å². The summed E-state index contributed by atoms with van der Waals surface area (Å²) < 4.78 is 0. The Bertz CT molecular complexity index is 980. The first-order valence-corrected chi connectivity index (χ1v) is 8.24. The minimum atomic E-state index is -0.606. The fraction of sp³-hybridized carbons (Fsp3) is 0. The van der Waals surface area contributed by atoms with Crippen LogP contribution in [0.3, 0.4) is 0 Å². The van der Waals surface area contributed by atoms with Crippen molar-refractivity contribution >= 4 is 29.1 Å². The van der Waals surface area contributed by atoms with Gasteiger partial charge in [-0.15, -0.1) is 0 Å². The SMILES string of the molecule is O=C(C=Cc1ccc(-c2ccccc2)cc1)c1ccc(Cl)c([N+](=O)[O-])c1. The molecular formula is C21H14ClNO3. The van der Waals surface area contributed by atoms with Crippen molar-refractivity contribution in [3.8, 4) is 11.1 Å². The molecule has 5 heteroatoms. The molecule has 0 bridgehead atoms. The molecule has 0 radical (unpaired) electrons. The molecule has 0 unspecified atom stereocenters. The number of benzene rings is 3. The summed E-state index contributed by atoms with van der Waals surface area (Å²) in [6, 6.07) is 21.8. The van der Waals surface area contributed by atoms with E-state index in [2.05, 4.69) is 0 Å². The van der Waals surface area contributed by atoms with E-state index in [0.717, 1.165) is 16.7 Å². The largest absolute Gasteiger partial charge is 0.289 e. The Morgan fingerprint density at radius 1 is 0.923 bits per heavy atom. The summed E-state index contributed by atoms with van der Waals surface area (Å²) in [5.74, 6) is -0.322. The second kappa shape index (κ2) is 7.76. The number of hydrogen-bond donors (Lipinski definition) is 0. The normalized spacial score (nSPS) is 10.8. The van der Waals surface area contributed by atoms with Gasteiger partial charge >= 0.3 is 0 Å². The van der Waals surface area contributed by atoms with Gasteiger partial charge in [-0.2, -0.15) is 0 Å². The molecule has 0 N–H and O–H groups in total. The molecule has 128 valence electrons. The van der Waals surface area contributed by atoms with Crippen LogP contribution in [-0.2, 0) is 0 Å². The van der Waals surface area contributed by atoms with E-state index in [1.165, 1.54) is 24.3 Å². The average Bonchev–Trinajstić information content (AvgIpc) is 2.67. The standard InChI is InChI=1S/C21H14ClNO3/c22-19-12-11-18(14-20(19)23(25)26)21(24)13-8-15-6-9-17(10-7-15)16-4-2-1-3-5-16/h1-14H. The van der Waals surface area contributed by atoms with Crippen LogP contribution < -0.4 is 0 Å². The summed E-state index contributed by atoms with van der Waals surface area (Å²) >= 11 is 5.76. The zero-order valence-corrected chi connectivity index (χ0v) is 14.4. The van der Waals surface area contributed by atoms with Gasteiger partial charge in [-0.3, -0.25) is 14.9 Å². The van der Waals surface area contributed by atoms with Crippen molar-refractivity contribution < 1.29 is 9.72 Å². The fourth-order valence-corrected chi connectivity index (χ4v) is 2.68. The van der Waals surface area contributed by atoms with Gasteiger partial charge in [-0.25, -0.2) is 0 Å². The van der Waals surface area contributed by atoms with Gasteiger partial charge in [0.2, 0.25) is 0 Å². The van der Waals surface area contributed by atoms with E-state index in [-0.39, 0.29) is 22.1 Å². The van der Waals surface area contributed by atoms with Crippen LogP contribution in [0, 0.1) is 10.1 Å². The van der Waals surface area contributed by atoms with Crippen molar-refractivity contribution in [1.82, 2.24) is 0 Å². The quantitative estimate of drug-likeness (QED) is 0.248. The maximum Gasteiger partial charge on any atom is 0.288 e. The second-order valence-electron chi connectivity index (χ2n) is 5.61. The molecule has 0 atom stereocenters. The maximum atomic E-state index is 12.2. The summed E-state index contributed by atoms with van der Waals surface area (Å²) in [5, 5.41) is 10.9. The van der Waals surface area contributed by atoms with E-state index >= 15 is 0 Å². The minimum absolute atomic E-state index is 0.00651. The number of rotatable bonds is 5. The Kier molecular flexibility index (Phi) is 5.25. The monoisotopic (exact) mass is 363 g/mol. The molecule has 0 aromatic heterocycles. The molecular weight excluding hydrogens is 350 g/mol. The summed E-state index contributed by atoms with van der Waals surface area (Å²) in [6.45, 7) is 0. The molecule has 0 aliphatic heterocycles. The zero-order chi connectivity index (χ0) is 18.5. The number of nitro benzene ring substituents is 1. The fourth-order valence-electron chi connectivity index (χ4n) is 2.49. The van der Waals surface area contributed by atoms with Crippen molar-refractivity contribution in [3.05, 3.63) is 105 Å². The summed E-state index contributed by atoms with van der Waals surface area (Å²) in [6.07, 6.45) is 3.07. The first-order chi connectivity index (χ1) is 12.5. The molecule has 3 aromatic rings.